The zero-order valence-electron chi connectivity index (χ0n) is 13.6. The smallest absolute Gasteiger partial charge is 0.305 e. The van der Waals surface area contributed by atoms with Crippen LogP contribution in [0.25, 0.3) is 0 Å². The zero-order valence-corrected chi connectivity index (χ0v) is 13.6. The first-order valence-corrected chi connectivity index (χ1v) is 8.39. The van der Waals surface area contributed by atoms with Crippen LogP contribution in [0.3, 0.4) is 0 Å². The van der Waals surface area contributed by atoms with Gasteiger partial charge < -0.3 is 9.47 Å². The Morgan fingerprint density at radius 1 is 1.00 bits per heavy atom. The number of carbonyl (C=O) groups is 2. The molecule has 0 atom stereocenters. The molecular weight excluding hydrogens is 268 g/mol. The summed E-state index contributed by atoms with van der Waals surface area (Å²) < 4.78 is 10.4. The molecule has 0 unspecified atom stereocenters. The largest absolute Gasteiger partial charge is 0.466 e. The van der Waals surface area contributed by atoms with Crippen molar-refractivity contribution in [2.75, 3.05) is 13.2 Å². The second-order valence-corrected chi connectivity index (χ2v) is 6.44. The topological polar surface area (TPSA) is 52.6 Å². The molecule has 0 aromatic rings. The molecule has 0 radical (unpaired) electrons. The third kappa shape index (κ3) is 9.48. The Balaban J connectivity index is 1.98. The van der Waals surface area contributed by atoms with Crippen LogP contribution in [0.4, 0.5) is 0 Å². The van der Waals surface area contributed by atoms with E-state index in [-0.39, 0.29) is 11.9 Å². The van der Waals surface area contributed by atoms with Gasteiger partial charge in [0.15, 0.2) is 0 Å². The average Bonchev–Trinajstić information content (AvgIpc) is 2.46. The van der Waals surface area contributed by atoms with Crippen molar-refractivity contribution in [1.29, 1.82) is 0 Å². The number of hydrogen-bond donors (Lipinski definition) is 0. The molecule has 1 fully saturated rings. The molecule has 122 valence electrons. The first-order chi connectivity index (χ1) is 10.1. The molecule has 1 aliphatic carbocycles. The minimum atomic E-state index is -0.212. The van der Waals surface area contributed by atoms with Crippen LogP contribution in [0.15, 0.2) is 0 Å². The van der Waals surface area contributed by atoms with Gasteiger partial charge in [-0.2, -0.15) is 0 Å². The zero-order chi connectivity index (χ0) is 15.5. The molecule has 4 heteroatoms. The SMILES string of the molecule is CC(C)CCOC(=O)CCCC(=O)OCC1CCCCC1. The van der Waals surface area contributed by atoms with E-state index in [1.54, 1.807) is 0 Å². The fourth-order valence-corrected chi connectivity index (χ4v) is 2.49. The summed E-state index contributed by atoms with van der Waals surface area (Å²) in [6.07, 6.45) is 8.19. The molecule has 0 aromatic heterocycles. The van der Waals surface area contributed by atoms with Gasteiger partial charge in [0.25, 0.3) is 0 Å². The molecule has 21 heavy (non-hydrogen) atoms. The first-order valence-electron chi connectivity index (χ1n) is 8.39. The van der Waals surface area contributed by atoms with Gasteiger partial charge in [0, 0.05) is 12.8 Å². The van der Waals surface area contributed by atoms with Crippen LogP contribution in [-0.4, -0.2) is 25.2 Å². The van der Waals surface area contributed by atoms with Crippen LogP contribution >= 0.6 is 0 Å². The maximum Gasteiger partial charge on any atom is 0.305 e. The fraction of sp³-hybridized carbons (Fsp3) is 0.882. The van der Waals surface area contributed by atoms with Gasteiger partial charge in [-0.1, -0.05) is 33.1 Å². The molecule has 0 bridgehead atoms. The maximum absolute atomic E-state index is 11.6. The van der Waals surface area contributed by atoms with Crippen LogP contribution < -0.4 is 0 Å². The Bertz CT molecular complexity index is 306. The van der Waals surface area contributed by atoms with Crippen molar-refractivity contribution >= 4 is 11.9 Å². The molecule has 4 nitrogen and oxygen atoms in total. The summed E-state index contributed by atoms with van der Waals surface area (Å²) in [5, 5.41) is 0. The van der Waals surface area contributed by atoms with Crippen LogP contribution in [0.2, 0.25) is 0 Å². The molecular formula is C17H30O4. The van der Waals surface area contributed by atoms with E-state index in [9.17, 15) is 9.59 Å². The van der Waals surface area contributed by atoms with Gasteiger partial charge in [-0.25, -0.2) is 0 Å². The van der Waals surface area contributed by atoms with E-state index in [1.165, 1.54) is 32.1 Å². The maximum atomic E-state index is 11.6. The molecule has 0 spiro atoms. The number of rotatable bonds is 9. The van der Waals surface area contributed by atoms with Crippen molar-refractivity contribution in [1.82, 2.24) is 0 Å². The van der Waals surface area contributed by atoms with Gasteiger partial charge in [0.2, 0.25) is 0 Å². The Kier molecular flexibility index (Phi) is 9.11. The van der Waals surface area contributed by atoms with Crippen molar-refractivity contribution in [3.63, 3.8) is 0 Å². The highest BCUT2D eigenvalue weighted by Crippen LogP contribution is 2.23. The molecule has 1 aliphatic rings. The van der Waals surface area contributed by atoms with Crippen molar-refractivity contribution < 1.29 is 19.1 Å². The lowest BCUT2D eigenvalue weighted by atomic mass is 9.90. The first kappa shape index (κ1) is 18.0. The van der Waals surface area contributed by atoms with E-state index in [0.29, 0.717) is 44.3 Å². The lowest BCUT2D eigenvalue weighted by Crippen LogP contribution is -2.17. The fourth-order valence-electron chi connectivity index (χ4n) is 2.49. The Labute approximate surface area is 128 Å². The minimum Gasteiger partial charge on any atom is -0.466 e. The Hall–Kier alpha value is -1.06. The molecule has 0 saturated heterocycles. The summed E-state index contributed by atoms with van der Waals surface area (Å²) in [5.74, 6) is 0.683. The van der Waals surface area contributed by atoms with Crippen molar-refractivity contribution in [3.05, 3.63) is 0 Å². The number of carbonyl (C=O) groups excluding carboxylic acids is 2. The molecule has 1 rings (SSSR count). The van der Waals surface area contributed by atoms with Gasteiger partial charge in [0.1, 0.15) is 0 Å². The number of ether oxygens (including phenoxy) is 2. The van der Waals surface area contributed by atoms with E-state index >= 15 is 0 Å². The second kappa shape index (κ2) is 10.6. The van der Waals surface area contributed by atoms with Gasteiger partial charge in [-0.05, 0) is 37.5 Å². The third-order valence-corrected chi connectivity index (χ3v) is 3.92. The van der Waals surface area contributed by atoms with Crippen molar-refractivity contribution in [2.45, 2.75) is 71.6 Å². The van der Waals surface area contributed by atoms with Crippen LogP contribution in [-0.2, 0) is 19.1 Å². The van der Waals surface area contributed by atoms with Gasteiger partial charge >= 0.3 is 11.9 Å². The van der Waals surface area contributed by atoms with Crippen LogP contribution in [0.5, 0.6) is 0 Å². The number of hydrogen-bond acceptors (Lipinski definition) is 4. The van der Waals surface area contributed by atoms with E-state index in [0.717, 1.165) is 6.42 Å². The molecule has 0 heterocycles. The number of esters is 2. The monoisotopic (exact) mass is 298 g/mol. The highest BCUT2D eigenvalue weighted by Gasteiger charge is 2.15. The van der Waals surface area contributed by atoms with E-state index in [4.69, 9.17) is 9.47 Å². The summed E-state index contributed by atoms with van der Waals surface area (Å²) >= 11 is 0. The molecule has 0 aliphatic heterocycles. The molecule has 1 saturated carbocycles. The average molecular weight is 298 g/mol. The van der Waals surface area contributed by atoms with Gasteiger partial charge in [0.05, 0.1) is 13.2 Å². The highest BCUT2D eigenvalue weighted by atomic mass is 16.5. The summed E-state index contributed by atoms with van der Waals surface area (Å²) in [7, 11) is 0. The van der Waals surface area contributed by atoms with Crippen LogP contribution in [0, 0.1) is 11.8 Å². The van der Waals surface area contributed by atoms with Crippen molar-refractivity contribution in [2.24, 2.45) is 11.8 Å². The van der Waals surface area contributed by atoms with E-state index < -0.39 is 0 Å². The normalized spacial score (nSPS) is 16.0. The third-order valence-electron chi connectivity index (χ3n) is 3.92. The summed E-state index contributed by atoms with van der Waals surface area (Å²) in [5.41, 5.74) is 0. The standard InChI is InChI=1S/C17H30O4/c1-14(2)11-12-20-16(18)9-6-10-17(19)21-13-15-7-4-3-5-8-15/h14-15H,3-13H2,1-2H3. The predicted octanol–water partition coefficient (Wildman–Crippen LogP) is 3.87. The van der Waals surface area contributed by atoms with Crippen molar-refractivity contribution in [3.8, 4) is 0 Å². The summed E-state index contributed by atoms with van der Waals surface area (Å²) in [6.45, 7) is 5.21. The van der Waals surface area contributed by atoms with Gasteiger partial charge in [-0.15, -0.1) is 0 Å². The predicted molar refractivity (Wildman–Crippen MR) is 81.8 cm³/mol. The molecule has 0 aromatic carbocycles. The van der Waals surface area contributed by atoms with E-state index in [1.807, 2.05) is 0 Å². The minimum absolute atomic E-state index is 0.185. The van der Waals surface area contributed by atoms with Gasteiger partial charge in [-0.3, -0.25) is 9.59 Å². The quantitative estimate of drug-likeness (QED) is 0.606. The van der Waals surface area contributed by atoms with E-state index in [2.05, 4.69) is 13.8 Å². The molecule has 0 N–H and O–H groups in total. The summed E-state index contributed by atoms with van der Waals surface area (Å²) in [4.78, 5) is 23.0. The highest BCUT2D eigenvalue weighted by molar-refractivity contribution is 5.72. The lowest BCUT2D eigenvalue weighted by molar-refractivity contribution is -0.146. The second-order valence-electron chi connectivity index (χ2n) is 6.44. The Morgan fingerprint density at radius 3 is 2.24 bits per heavy atom. The summed E-state index contributed by atoms with van der Waals surface area (Å²) in [6, 6.07) is 0. The van der Waals surface area contributed by atoms with Crippen LogP contribution in [0.1, 0.15) is 71.6 Å². The lowest BCUT2D eigenvalue weighted by Gasteiger charge is -2.20. The molecule has 0 amide bonds. The Morgan fingerprint density at radius 2 is 1.62 bits per heavy atom.